The molecule has 0 aliphatic carbocycles. The van der Waals surface area contributed by atoms with E-state index in [1.165, 1.54) is 6.07 Å². The first kappa shape index (κ1) is 15.8. The minimum absolute atomic E-state index is 0.0324. The zero-order chi connectivity index (χ0) is 15.4. The molecule has 0 saturated carbocycles. The Balaban J connectivity index is 2.22. The molecule has 0 amide bonds. The molecule has 21 heavy (non-hydrogen) atoms. The van der Waals surface area contributed by atoms with Crippen LogP contribution < -0.4 is 4.74 Å². The molecule has 110 valence electrons. The van der Waals surface area contributed by atoms with E-state index in [2.05, 4.69) is 15.9 Å². The van der Waals surface area contributed by atoms with Gasteiger partial charge in [-0.15, -0.1) is 0 Å². The third-order valence-electron chi connectivity index (χ3n) is 2.99. The summed E-state index contributed by atoms with van der Waals surface area (Å²) in [7, 11) is 0. The van der Waals surface area contributed by atoms with Crippen LogP contribution in [0.15, 0.2) is 36.4 Å². The third-order valence-corrected chi connectivity index (χ3v) is 3.83. The molecule has 2 aromatic rings. The number of nitro benzene ring substituents is 1. The van der Waals surface area contributed by atoms with Gasteiger partial charge in [0.05, 0.1) is 10.5 Å². The van der Waals surface area contributed by atoms with Gasteiger partial charge in [0.25, 0.3) is 5.69 Å². The van der Waals surface area contributed by atoms with Crippen LogP contribution in [0.1, 0.15) is 16.7 Å². The molecule has 0 fully saturated rings. The Morgan fingerprint density at radius 3 is 2.67 bits per heavy atom. The highest BCUT2D eigenvalue weighted by Crippen LogP contribution is 2.27. The van der Waals surface area contributed by atoms with Crippen LogP contribution in [0.5, 0.6) is 5.75 Å². The van der Waals surface area contributed by atoms with Crippen LogP contribution in [-0.4, -0.2) is 4.92 Å². The quantitative estimate of drug-likeness (QED) is 0.421. The predicted octanol–water partition coefficient (Wildman–Crippen LogP) is 5.03. The van der Waals surface area contributed by atoms with Gasteiger partial charge in [-0.05, 0) is 25.1 Å². The van der Waals surface area contributed by atoms with E-state index < -0.39 is 4.92 Å². The minimum Gasteiger partial charge on any atom is -0.488 e. The van der Waals surface area contributed by atoms with Crippen LogP contribution in [0.4, 0.5) is 5.69 Å². The lowest BCUT2D eigenvalue weighted by atomic mass is 10.1. The fourth-order valence-electron chi connectivity index (χ4n) is 1.94. The molecule has 0 saturated heterocycles. The zero-order valence-electron chi connectivity index (χ0n) is 11.3. The van der Waals surface area contributed by atoms with Crippen molar-refractivity contribution in [3.63, 3.8) is 0 Å². The van der Waals surface area contributed by atoms with Crippen molar-refractivity contribution in [3.05, 3.63) is 68.2 Å². The van der Waals surface area contributed by atoms with E-state index in [0.717, 1.165) is 11.1 Å². The molecule has 0 atom stereocenters. The Kier molecular flexibility index (Phi) is 5.20. The van der Waals surface area contributed by atoms with Crippen LogP contribution in [0.3, 0.4) is 0 Å². The first-order valence-corrected chi connectivity index (χ1v) is 7.72. The second-order valence-electron chi connectivity index (χ2n) is 4.56. The van der Waals surface area contributed by atoms with Gasteiger partial charge >= 0.3 is 0 Å². The van der Waals surface area contributed by atoms with Crippen LogP contribution >= 0.6 is 27.5 Å². The maximum Gasteiger partial charge on any atom is 0.277 e. The highest BCUT2D eigenvalue weighted by Gasteiger charge is 2.15. The van der Waals surface area contributed by atoms with Gasteiger partial charge in [-0.1, -0.05) is 45.2 Å². The van der Waals surface area contributed by atoms with Gasteiger partial charge in [-0.2, -0.15) is 0 Å². The number of hydrogen-bond acceptors (Lipinski definition) is 3. The molecule has 6 heteroatoms. The molecular weight excluding hydrogens is 358 g/mol. The summed E-state index contributed by atoms with van der Waals surface area (Å²) >= 11 is 9.20. The molecule has 0 aromatic heterocycles. The van der Waals surface area contributed by atoms with E-state index in [0.29, 0.717) is 21.7 Å². The molecule has 0 spiro atoms. The van der Waals surface area contributed by atoms with Gasteiger partial charge in [0.2, 0.25) is 0 Å². The van der Waals surface area contributed by atoms with E-state index in [1.54, 1.807) is 12.1 Å². The van der Waals surface area contributed by atoms with Crippen LogP contribution in [0.2, 0.25) is 5.02 Å². The summed E-state index contributed by atoms with van der Waals surface area (Å²) in [5, 5.41) is 12.0. The molecule has 2 aromatic carbocycles. The molecule has 0 aliphatic rings. The number of benzene rings is 2. The van der Waals surface area contributed by atoms with Crippen molar-refractivity contribution < 1.29 is 9.66 Å². The minimum atomic E-state index is -0.453. The Labute approximate surface area is 136 Å². The monoisotopic (exact) mass is 369 g/mol. The number of alkyl halides is 1. The summed E-state index contributed by atoms with van der Waals surface area (Å²) in [5.41, 5.74) is 2.60. The summed E-state index contributed by atoms with van der Waals surface area (Å²) in [6.07, 6.45) is 0. The Bertz CT molecular complexity index is 676. The molecule has 0 heterocycles. The van der Waals surface area contributed by atoms with Crippen molar-refractivity contribution in [1.82, 2.24) is 0 Å². The number of rotatable bonds is 5. The van der Waals surface area contributed by atoms with Gasteiger partial charge in [-0.3, -0.25) is 10.1 Å². The second kappa shape index (κ2) is 6.91. The standard InChI is InChI=1S/C15H13BrClNO3/c1-10-2-5-15(12(6-10)8-16)21-9-11-3-4-13(17)7-14(11)18(19)20/h2-7H,8-9H2,1H3. The van der Waals surface area contributed by atoms with E-state index in [4.69, 9.17) is 16.3 Å². The number of nitrogens with zero attached hydrogens (tertiary/aromatic N) is 1. The lowest BCUT2D eigenvalue weighted by Gasteiger charge is -2.11. The van der Waals surface area contributed by atoms with Gasteiger partial charge in [0.1, 0.15) is 12.4 Å². The largest absolute Gasteiger partial charge is 0.488 e. The normalized spacial score (nSPS) is 10.4. The van der Waals surface area contributed by atoms with E-state index in [9.17, 15) is 10.1 Å². The van der Waals surface area contributed by atoms with Crippen molar-refractivity contribution >= 4 is 33.2 Å². The maximum atomic E-state index is 11.0. The van der Waals surface area contributed by atoms with Gasteiger partial charge in [-0.25, -0.2) is 0 Å². The second-order valence-corrected chi connectivity index (χ2v) is 5.56. The average Bonchev–Trinajstić information content (AvgIpc) is 2.46. The summed E-state index contributed by atoms with van der Waals surface area (Å²) in [5.74, 6) is 0.710. The van der Waals surface area contributed by atoms with E-state index in [-0.39, 0.29) is 12.3 Å². The van der Waals surface area contributed by atoms with E-state index in [1.807, 2.05) is 25.1 Å². The Morgan fingerprint density at radius 1 is 1.24 bits per heavy atom. The molecule has 0 radical (unpaired) electrons. The third kappa shape index (κ3) is 3.95. The van der Waals surface area contributed by atoms with Crippen molar-refractivity contribution in [2.24, 2.45) is 0 Å². The van der Waals surface area contributed by atoms with Crippen molar-refractivity contribution in [3.8, 4) is 5.75 Å². The maximum absolute atomic E-state index is 11.0. The van der Waals surface area contributed by atoms with Crippen molar-refractivity contribution in [2.75, 3.05) is 0 Å². The predicted molar refractivity (Wildman–Crippen MR) is 86.2 cm³/mol. The van der Waals surface area contributed by atoms with Gasteiger partial charge in [0.15, 0.2) is 0 Å². The number of nitro groups is 1. The molecule has 0 aliphatic heterocycles. The summed E-state index contributed by atoms with van der Waals surface area (Å²) < 4.78 is 5.72. The first-order valence-electron chi connectivity index (χ1n) is 6.22. The molecular formula is C15H13BrClNO3. The lowest BCUT2D eigenvalue weighted by Crippen LogP contribution is -2.02. The average molecular weight is 371 g/mol. The molecule has 0 bridgehead atoms. The highest BCUT2D eigenvalue weighted by molar-refractivity contribution is 9.08. The highest BCUT2D eigenvalue weighted by atomic mass is 79.9. The van der Waals surface area contributed by atoms with E-state index >= 15 is 0 Å². The molecule has 0 N–H and O–H groups in total. The fourth-order valence-corrected chi connectivity index (χ4v) is 2.54. The van der Waals surface area contributed by atoms with Gasteiger partial charge in [0, 0.05) is 22.0 Å². The SMILES string of the molecule is Cc1ccc(OCc2ccc(Cl)cc2[N+](=O)[O-])c(CBr)c1. The summed E-state index contributed by atoms with van der Waals surface area (Å²) in [4.78, 5) is 10.6. The fraction of sp³-hybridized carbons (Fsp3) is 0.200. The summed E-state index contributed by atoms with van der Waals surface area (Å²) in [6, 6.07) is 10.4. The lowest BCUT2D eigenvalue weighted by molar-refractivity contribution is -0.385. The Morgan fingerprint density at radius 2 is 2.00 bits per heavy atom. The zero-order valence-corrected chi connectivity index (χ0v) is 13.6. The van der Waals surface area contributed by atoms with Crippen LogP contribution in [0, 0.1) is 17.0 Å². The smallest absolute Gasteiger partial charge is 0.277 e. The number of hydrogen-bond donors (Lipinski definition) is 0. The number of ether oxygens (including phenoxy) is 1. The van der Waals surface area contributed by atoms with Crippen LogP contribution in [0.25, 0.3) is 0 Å². The number of halogens is 2. The van der Waals surface area contributed by atoms with Crippen molar-refractivity contribution in [1.29, 1.82) is 0 Å². The topological polar surface area (TPSA) is 52.4 Å². The summed E-state index contributed by atoms with van der Waals surface area (Å²) in [6.45, 7) is 2.12. The number of aryl methyl sites for hydroxylation is 1. The Hall–Kier alpha value is -1.59. The van der Waals surface area contributed by atoms with Crippen molar-refractivity contribution in [2.45, 2.75) is 18.9 Å². The molecule has 4 nitrogen and oxygen atoms in total. The van der Waals surface area contributed by atoms with Crippen LogP contribution in [-0.2, 0) is 11.9 Å². The van der Waals surface area contributed by atoms with Gasteiger partial charge < -0.3 is 4.74 Å². The molecule has 0 unspecified atom stereocenters. The molecule has 2 rings (SSSR count). The first-order chi connectivity index (χ1) is 10.0.